The van der Waals surface area contributed by atoms with Crippen LogP contribution in [0.15, 0.2) is 47.6 Å². The Morgan fingerprint density at radius 2 is 1.80 bits per heavy atom. The summed E-state index contributed by atoms with van der Waals surface area (Å²) in [6.45, 7) is 5.77. The maximum Gasteiger partial charge on any atom is 0.325 e. The summed E-state index contributed by atoms with van der Waals surface area (Å²) in [5, 5.41) is 5.44. The molecule has 1 spiro atoms. The van der Waals surface area contributed by atoms with E-state index in [4.69, 9.17) is 0 Å². The lowest BCUT2D eigenvalue weighted by molar-refractivity contribution is -0.136. The van der Waals surface area contributed by atoms with Gasteiger partial charge in [0.15, 0.2) is 0 Å². The van der Waals surface area contributed by atoms with Crippen LogP contribution in [0, 0.1) is 11.3 Å². The van der Waals surface area contributed by atoms with Gasteiger partial charge in [-0.3, -0.25) is 14.5 Å². The maximum absolute atomic E-state index is 13.2. The minimum atomic E-state index is -3.92. The quantitative estimate of drug-likeness (QED) is 0.515. The van der Waals surface area contributed by atoms with Crippen LogP contribution in [0.1, 0.15) is 40.0 Å². The number of rotatable bonds is 6. The Kier molecular flexibility index (Phi) is 6.26. The van der Waals surface area contributed by atoms with Crippen molar-refractivity contribution in [2.24, 2.45) is 11.3 Å². The van der Waals surface area contributed by atoms with Crippen LogP contribution in [0.3, 0.4) is 0 Å². The highest BCUT2D eigenvalue weighted by Gasteiger charge is 2.56. The van der Waals surface area contributed by atoms with Crippen molar-refractivity contribution in [3.8, 4) is 0 Å². The number of anilines is 2. The van der Waals surface area contributed by atoms with Crippen LogP contribution in [-0.2, 0) is 19.6 Å². The summed E-state index contributed by atoms with van der Waals surface area (Å²) in [6, 6.07) is 6.44. The van der Waals surface area contributed by atoms with Crippen molar-refractivity contribution in [3.05, 3.63) is 42.7 Å². The second-order valence-electron chi connectivity index (χ2n) is 10.0. The molecule has 2 aromatic rings. The number of hydrogen-bond donors (Lipinski definition) is 3. The summed E-state index contributed by atoms with van der Waals surface area (Å²) >= 11 is 0. The van der Waals surface area contributed by atoms with Gasteiger partial charge in [-0.25, -0.2) is 27.9 Å². The fourth-order valence-corrected chi connectivity index (χ4v) is 6.20. The molecule has 0 radical (unpaired) electrons. The molecule has 186 valence electrons. The molecule has 2 atom stereocenters. The molecule has 4 rings (SSSR count). The van der Waals surface area contributed by atoms with Gasteiger partial charge in [0, 0.05) is 18.1 Å². The molecule has 1 saturated carbocycles. The fraction of sp³-hybridized carbons (Fsp3) is 0.435. The van der Waals surface area contributed by atoms with Crippen molar-refractivity contribution in [1.29, 1.82) is 0 Å². The first kappa shape index (κ1) is 24.6. The lowest BCUT2D eigenvalue weighted by Crippen LogP contribution is -2.54. The smallest absolute Gasteiger partial charge is 0.325 e. The number of aromatic nitrogens is 2. The zero-order valence-electron chi connectivity index (χ0n) is 19.7. The molecule has 3 N–H and O–H groups in total. The van der Waals surface area contributed by atoms with E-state index >= 15 is 0 Å². The third-order valence-electron chi connectivity index (χ3n) is 6.17. The van der Waals surface area contributed by atoms with Gasteiger partial charge in [0.25, 0.3) is 15.9 Å². The minimum absolute atomic E-state index is 0.0481. The Hall–Kier alpha value is -3.54. The van der Waals surface area contributed by atoms with E-state index in [1.54, 1.807) is 6.07 Å². The number of nitrogens with one attached hydrogen (secondary N) is 3. The van der Waals surface area contributed by atoms with E-state index < -0.39 is 34.0 Å². The highest BCUT2D eigenvalue weighted by Crippen LogP contribution is 2.46. The lowest BCUT2D eigenvalue weighted by Gasteiger charge is -2.43. The van der Waals surface area contributed by atoms with Crippen molar-refractivity contribution in [3.63, 3.8) is 0 Å². The van der Waals surface area contributed by atoms with E-state index in [1.165, 1.54) is 36.7 Å². The zero-order chi connectivity index (χ0) is 25.4. The first-order valence-corrected chi connectivity index (χ1v) is 12.7. The van der Waals surface area contributed by atoms with Crippen molar-refractivity contribution in [2.75, 3.05) is 16.6 Å². The first-order chi connectivity index (χ1) is 16.4. The van der Waals surface area contributed by atoms with Crippen molar-refractivity contribution >= 4 is 39.5 Å². The standard InChI is InChI=1S/C23H28N6O5S/c1-15-11-22(2,3)14-23(12-15)19(31)29(21(32)27-23)13-18(30)26-16-5-7-17(8-6-16)35(33,34)28-20-24-9-4-10-25-20/h4-10,15H,11-14H2,1-3H3,(H,26,30)(H,27,32)(H,24,25,28)/t15-,23+/m1/s1. The molecular formula is C23H28N6O5S. The molecule has 0 bridgehead atoms. The average molecular weight is 501 g/mol. The predicted octanol–water partition coefficient (Wildman–Crippen LogP) is 2.35. The molecule has 35 heavy (non-hydrogen) atoms. The van der Waals surface area contributed by atoms with E-state index in [0.717, 1.165) is 11.3 Å². The second-order valence-corrected chi connectivity index (χ2v) is 11.7. The molecule has 1 aromatic heterocycles. The van der Waals surface area contributed by atoms with Crippen LogP contribution < -0.4 is 15.4 Å². The number of carbonyl (C=O) groups is 3. The molecule has 11 nitrogen and oxygen atoms in total. The number of carbonyl (C=O) groups excluding carboxylic acids is 3. The molecule has 12 heteroatoms. The second kappa shape index (κ2) is 8.91. The van der Waals surface area contributed by atoms with Gasteiger partial charge in [0.05, 0.1) is 4.90 Å². The van der Waals surface area contributed by atoms with Gasteiger partial charge < -0.3 is 10.6 Å². The molecule has 1 aromatic carbocycles. The number of imide groups is 1. The third kappa shape index (κ3) is 5.26. The molecule has 0 unspecified atom stereocenters. The van der Waals surface area contributed by atoms with Gasteiger partial charge >= 0.3 is 6.03 Å². The Balaban J connectivity index is 1.40. The van der Waals surface area contributed by atoms with E-state index in [-0.39, 0.29) is 28.1 Å². The number of amides is 4. The number of benzene rings is 1. The molecular weight excluding hydrogens is 472 g/mol. The van der Waals surface area contributed by atoms with E-state index in [0.29, 0.717) is 18.5 Å². The molecule has 1 aliphatic heterocycles. The van der Waals surface area contributed by atoms with Crippen LogP contribution in [0.4, 0.5) is 16.4 Å². The Labute approximate surface area is 203 Å². The van der Waals surface area contributed by atoms with Gasteiger partial charge in [0.1, 0.15) is 12.1 Å². The Morgan fingerprint density at radius 1 is 1.14 bits per heavy atom. The molecule has 2 fully saturated rings. The fourth-order valence-electron chi connectivity index (χ4n) is 5.24. The van der Waals surface area contributed by atoms with Crippen LogP contribution >= 0.6 is 0 Å². The highest BCUT2D eigenvalue weighted by molar-refractivity contribution is 7.92. The number of nitrogens with zero attached hydrogens (tertiary/aromatic N) is 3. The van der Waals surface area contributed by atoms with E-state index in [1.807, 2.05) is 0 Å². The summed E-state index contributed by atoms with van der Waals surface area (Å²) in [6.07, 6.45) is 4.83. The van der Waals surface area contributed by atoms with Crippen LogP contribution in [-0.4, -0.2) is 53.2 Å². The normalized spacial score (nSPS) is 23.7. The summed E-state index contributed by atoms with van der Waals surface area (Å²) in [7, 11) is -3.92. The molecule has 2 heterocycles. The molecule has 4 amide bonds. The van der Waals surface area contributed by atoms with Gasteiger partial charge in [0.2, 0.25) is 11.9 Å². The van der Waals surface area contributed by atoms with Crippen LogP contribution in [0.25, 0.3) is 0 Å². The van der Waals surface area contributed by atoms with Crippen molar-refractivity contribution in [2.45, 2.75) is 50.5 Å². The number of urea groups is 1. The Bertz CT molecular complexity index is 1250. The molecule has 1 aliphatic carbocycles. The van der Waals surface area contributed by atoms with Crippen LogP contribution in [0.5, 0.6) is 0 Å². The number of sulfonamides is 1. The Morgan fingerprint density at radius 3 is 2.43 bits per heavy atom. The SMILES string of the molecule is C[C@@H]1CC(C)(C)C[C@]2(C1)NC(=O)N(CC(=O)Nc1ccc(S(=O)(=O)Nc3ncccn3)cc1)C2=O. The topological polar surface area (TPSA) is 150 Å². The zero-order valence-corrected chi connectivity index (χ0v) is 20.6. The van der Waals surface area contributed by atoms with Crippen LogP contribution in [0.2, 0.25) is 0 Å². The summed E-state index contributed by atoms with van der Waals surface area (Å²) in [5.41, 5.74) is -0.772. The average Bonchev–Trinajstić information content (AvgIpc) is 2.96. The van der Waals surface area contributed by atoms with E-state index in [2.05, 4.69) is 46.1 Å². The summed E-state index contributed by atoms with van der Waals surface area (Å²) in [4.78, 5) is 47.0. The third-order valence-corrected chi connectivity index (χ3v) is 7.51. The molecule has 2 aliphatic rings. The van der Waals surface area contributed by atoms with Gasteiger partial charge in [-0.05, 0) is 60.9 Å². The first-order valence-electron chi connectivity index (χ1n) is 11.2. The van der Waals surface area contributed by atoms with Crippen molar-refractivity contribution < 1.29 is 22.8 Å². The van der Waals surface area contributed by atoms with Gasteiger partial charge in [-0.1, -0.05) is 20.8 Å². The highest BCUT2D eigenvalue weighted by atomic mass is 32.2. The minimum Gasteiger partial charge on any atom is -0.325 e. The maximum atomic E-state index is 13.2. The number of hydrogen-bond acceptors (Lipinski definition) is 7. The van der Waals surface area contributed by atoms with Crippen molar-refractivity contribution in [1.82, 2.24) is 20.2 Å². The lowest BCUT2D eigenvalue weighted by atomic mass is 9.64. The predicted molar refractivity (Wildman–Crippen MR) is 128 cm³/mol. The largest absolute Gasteiger partial charge is 0.325 e. The van der Waals surface area contributed by atoms with Gasteiger partial charge in [-0.15, -0.1) is 0 Å². The molecule has 1 saturated heterocycles. The monoisotopic (exact) mass is 500 g/mol. The summed E-state index contributed by atoms with van der Waals surface area (Å²) < 4.78 is 27.2. The van der Waals surface area contributed by atoms with E-state index in [9.17, 15) is 22.8 Å². The summed E-state index contributed by atoms with van der Waals surface area (Å²) in [5.74, 6) is -0.755. The van der Waals surface area contributed by atoms with Gasteiger partial charge in [-0.2, -0.15) is 0 Å².